The Morgan fingerprint density at radius 2 is 1.64 bits per heavy atom. The van der Waals surface area contributed by atoms with E-state index in [1.165, 1.54) is 11.8 Å². The first-order valence-electron chi connectivity index (χ1n) is 15.7. The number of aliphatic imine (C=N–C) groups is 1. The van der Waals surface area contributed by atoms with E-state index in [-0.39, 0.29) is 29.3 Å². The van der Waals surface area contributed by atoms with E-state index in [4.69, 9.17) is 28.2 Å². The lowest BCUT2D eigenvalue weighted by Crippen LogP contribution is -2.58. The summed E-state index contributed by atoms with van der Waals surface area (Å²) in [6, 6.07) is 15.2. The number of hydrogen-bond donors (Lipinski definition) is 0. The first-order valence-corrected chi connectivity index (χ1v) is 17.2. The number of amidine groups is 1. The lowest BCUT2D eigenvalue weighted by atomic mass is 9.81. The van der Waals surface area contributed by atoms with Crippen molar-refractivity contribution in [2.24, 2.45) is 10.9 Å². The second kappa shape index (κ2) is 11.1. The molecule has 1 spiro atoms. The second-order valence-electron chi connectivity index (χ2n) is 13.4. The van der Waals surface area contributed by atoms with Gasteiger partial charge in [-0.2, -0.15) is 0 Å². The largest absolute Gasteiger partial charge is 0.338 e. The number of halogens is 2. The highest BCUT2D eigenvalue weighted by Gasteiger charge is 2.55. The van der Waals surface area contributed by atoms with Gasteiger partial charge >= 0.3 is 0 Å². The maximum Gasteiger partial charge on any atom is 0.263 e. The number of likely N-dealkylation sites (N-methyl/N-ethyl adjacent to an activating group) is 1. The number of carbonyl (C=O) groups is 2. The minimum absolute atomic E-state index is 0.0510. The van der Waals surface area contributed by atoms with Crippen molar-refractivity contribution in [3.8, 4) is 0 Å². The van der Waals surface area contributed by atoms with Crippen molar-refractivity contribution in [1.82, 2.24) is 19.6 Å². The summed E-state index contributed by atoms with van der Waals surface area (Å²) < 4.78 is 0. The van der Waals surface area contributed by atoms with Crippen LogP contribution in [0.3, 0.4) is 0 Å². The Morgan fingerprint density at radius 1 is 0.977 bits per heavy atom. The van der Waals surface area contributed by atoms with Crippen LogP contribution in [-0.2, 0) is 15.1 Å². The van der Waals surface area contributed by atoms with E-state index >= 15 is 0 Å². The SMILES string of the molecule is CC(C)C1=C(C(=O)N2CCC[C@@H]2C(=O)N2CCN(C)C3(CC3)C2)SC2=N[C@@](C)(c3ccc(Cl)cc3)[C@@H](c3ccc(Cl)cc3)N21. The van der Waals surface area contributed by atoms with Crippen LogP contribution in [0, 0.1) is 5.92 Å². The predicted molar refractivity (Wildman–Crippen MR) is 178 cm³/mol. The molecule has 0 unspecified atom stereocenters. The Bertz CT molecular complexity index is 1550. The van der Waals surface area contributed by atoms with Crippen LogP contribution in [0.2, 0.25) is 10.0 Å². The maximum atomic E-state index is 14.5. The molecule has 3 fully saturated rings. The van der Waals surface area contributed by atoms with Gasteiger partial charge in [-0.3, -0.25) is 14.5 Å². The number of hydrogen-bond acceptors (Lipinski definition) is 6. The number of carbonyl (C=O) groups excluding carboxylic acids is 2. The number of allylic oxidation sites excluding steroid dienone is 1. The van der Waals surface area contributed by atoms with Gasteiger partial charge < -0.3 is 14.7 Å². The van der Waals surface area contributed by atoms with Crippen LogP contribution >= 0.6 is 35.0 Å². The number of amides is 2. The van der Waals surface area contributed by atoms with E-state index in [1.54, 1.807) is 0 Å². The van der Waals surface area contributed by atoms with Crippen molar-refractivity contribution < 1.29 is 9.59 Å². The Hall–Kier alpha value is -2.52. The van der Waals surface area contributed by atoms with Crippen molar-refractivity contribution in [1.29, 1.82) is 0 Å². The molecule has 3 atom stereocenters. The zero-order valence-electron chi connectivity index (χ0n) is 25.7. The Morgan fingerprint density at radius 3 is 2.27 bits per heavy atom. The van der Waals surface area contributed by atoms with Gasteiger partial charge in [0.2, 0.25) is 5.91 Å². The van der Waals surface area contributed by atoms with Gasteiger partial charge in [0.25, 0.3) is 5.91 Å². The Kier molecular flexibility index (Phi) is 7.59. The molecule has 7 rings (SSSR count). The second-order valence-corrected chi connectivity index (χ2v) is 15.3. The topological polar surface area (TPSA) is 59.5 Å². The summed E-state index contributed by atoms with van der Waals surface area (Å²) in [7, 11) is 2.17. The highest BCUT2D eigenvalue weighted by atomic mass is 35.5. The summed E-state index contributed by atoms with van der Waals surface area (Å²) in [6.45, 7) is 9.40. The van der Waals surface area contributed by atoms with E-state index in [2.05, 4.69) is 49.8 Å². The van der Waals surface area contributed by atoms with Crippen LogP contribution in [0.1, 0.15) is 63.6 Å². The molecule has 1 saturated carbocycles. The molecule has 0 radical (unpaired) electrons. The van der Waals surface area contributed by atoms with Crippen LogP contribution in [0.5, 0.6) is 0 Å². The fraction of sp³-hybridized carbons (Fsp3) is 0.500. The lowest BCUT2D eigenvalue weighted by Gasteiger charge is -2.41. The van der Waals surface area contributed by atoms with Gasteiger partial charge in [0.05, 0.1) is 6.04 Å². The number of fused-ring (bicyclic) bond motifs is 1. The molecule has 0 N–H and O–H groups in total. The molecule has 4 heterocycles. The van der Waals surface area contributed by atoms with Gasteiger partial charge in [-0.25, -0.2) is 4.99 Å². The standard InChI is InChI=1S/C34H39Cl2N5O2S/c1-21(2)27-28(31(43)40-17-5-6-26(40)30(42)39-19-18-38(4)34(20-39)15-16-34)44-32-37-33(3,23-9-13-25(36)14-10-23)29(41(27)32)22-7-11-24(35)12-8-22/h7-14,21,26,29H,5-6,15-20H2,1-4H3/t26-,29-,33+/m1/s1. The minimum atomic E-state index is -0.623. The molecule has 2 saturated heterocycles. The molecule has 5 aliphatic rings. The van der Waals surface area contributed by atoms with Crippen LogP contribution in [0.15, 0.2) is 64.1 Å². The van der Waals surface area contributed by atoms with E-state index in [1.807, 2.05) is 46.2 Å². The molecular formula is C34H39Cl2N5O2S. The van der Waals surface area contributed by atoms with Gasteiger partial charge in [-0.1, -0.05) is 61.3 Å². The zero-order valence-corrected chi connectivity index (χ0v) is 28.1. The third kappa shape index (κ3) is 4.88. The van der Waals surface area contributed by atoms with Crippen molar-refractivity contribution in [3.63, 3.8) is 0 Å². The van der Waals surface area contributed by atoms with Crippen LogP contribution in [0.25, 0.3) is 0 Å². The van der Waals surface area contributed by atoms with E-state index in [0.717, 1.165) is 60.9 Å². The van der Waals surface area contributed by atoms with Crippen LogP contribution in [-0.4, -0.2) is 81.4 Å². The molecule has 0 bridgehead atoms. The number of piperazine rings is 1. The molecule has 10 heteroatoms. The molecular weight excluding hydrogens is 613 g/mol. The number of likely N-dealkylation sites (tertiary alicyclic amines) is 1. The first-order chi connectivity index (χ1) is 21.0. The van der Waals surface area contributed by atoms with E-state index in [9.17, 15) is 9.59 Å². The van der Waals surface area contributed by atoms with Gasteiger partial charge in [0, 0.05) is 47.5 Å². The quantitative estimate of drug-likeness (QED) is 0.368. The van der Waals surface area contributed by atoms with Gasteiger partial charge in [0.1, 0.15) is 16.5 Å². The fourth-order valence-electron chi connectivity index (χ4n) is 7.61. The number of benzene rings is 2. The molecule has 44 heavy (non-hydrogen) atoms. The van der Waals surface area contributed by atoms with Crippen molar-refractivity contribution in [2.45, 2.75) is 69.6 Å². The van der Waals surface area contributed by atoms with E-state index in [0.29, 0.717) is 27.9 Å². The zero-order chi connectivity index (χ0) is 31.0. The van der Waals surface area contributed by atoms with Gasteiger partial charge in [-0.05, 0) is 92.7 Å². The van der Waals surface area contributed by atoms with Crippen LogP contribution in [0.4, 0.5) is 0 Å². The summed E-state index contributed by atoms with van der Waals surface area (Å²) in [5, 5.41) is 2.16. The molecule has 4 aliphatic heterocycles. The number of thioether (sulfide) groups is 1. The highest BCUT2D eigenvalue weighted by Crippen LogP contribution is 2.56. The predicted octanol–water partition coefficient (Wildman–Crippen LogP) is 6.53. The highest BCUT2D eigenvalue weighted by molar-refractivity contribution is 8.18. The van der Waals surface area contributed by atoms with Gasteiger partial charge in [0.15, 0.2) is 5.17 Å². The number of nitrogens with zero attached hydrogens (tertiary/aromatic N) is 5. The average molecular weight is 653 g/mol. The van der Waals surface area contributed by atoms with Crippen molar-refractivity contribution >= 4 is 51.9 Å². The van der Waals surface area contributed by atoms with Crippen molar-refractivity contribution in [2.75, 3.05) is 33.2 Å². The molecule has 232 valence electrons. The fourth-order valence-corrected chi connectivity index (χ4v) is 9.22. The average Bonchev–Trinajstić information content (AvgIpc) is 3.32. The van der Waals surface area contributed by atoms with Gasteiger partial charge in [-0.15, -0.1) is 0 Å². The summed E-state index contributed by atoms with van der Waals surface area (Å²) in [6.07, 6.45) is 3.83. The summed E-state index contributed by atoms with van der Waals surface area (Å²) in [5.74, 6) is 0.114. The maximum absolute atomic E-state index is 14.5. The third-order valence-electron chi connectivity index (χ3n) is 10.3. The van der Waals surface area contributed by atoms with E-state index < -0.39 is 11.6 Å². The molecule has 0 aromatic heterocycles. The minimum Gasteiger partial charge on any atom is -0.338 e. The lowest BCUT2D eigenvalue weighted by molar-refractivity contribution is -0.144. The summed E-state index contributed by atoms with van der Waals surface area (Å²) in [5.41, 5.74) is 2.60. The van der Waals surface area contributed by atoms with Crippen molar-refractivity contribution in [3.05, 3.63) is 80.3 Å². The smallest absolute Gasteiger partial charge is 0.263 e. The Balaban J connectivity index is 1.23. The summed E-state index contributed by atoms with van der Waals surface area (Å²) >= 11 is 14.0. The molecule has 2 amide bonds. The monoisotopic (exact) mass is 651 g/mol. The molecule has 2 aromatic rings. The van der Waals surface area contributed by atoms with Crippen LogP contribution < -0.4 is 0 Å². The Labute approximate surface area is 274 Å². The third-order valence-corrected chi connectivity index (χ3v) is 11.9. The molecule has 7 nitrogen and oxygen atoms in total. The summed E-state index contributed by atoms with van der Waals surface area (Å²) in [4.78, 5) is 43.0. The number of rotatable bonds is 5. The normalized spacial score (nSPS) is 27.9. The first kappa shape index (κ1) is 30.2. The molecule has 2 aromatic carbocycles. The molecule has 1 aliphatic carbocycles.